The molecule has 5 nitrogen and oxygen atoms in total. The maximum atomic E-state index is 11.8. The molecular formula is C13H14ClN3O2. The number of benzene rings is 1. The molecule has 2 rings (SSSR count). The number of aromatic nitrogens is 2. The van der Waals surface area contributed by atoms with Crippen LogP contribution in [0, 0.1) is 6.92 Å². The van der Waals surface area contributed by atoms with Gasteiger partial charge in [0.2, 0.25) is 0 Å². The van der Waals surface area contributed by atoms with Gasteiger partial charge in [-0.2, -0.15) is 5.10 Å². The molecule has 1 amide bonds. The molecule has 6 heteroatoms. The lowest BCUT2D eigenvalue weighted by atomic mass is 10.2. The van der Waals surface area contributed by atoms with Gasteiger partial charge in [-0.25, -0.2) is 4.68 Å². The van der Waals surface area contributed by atoms with Gasteiger partial charge in [0.15, 0.2) is 5.69 Å². The molecule has 0 aliphatic heterocycles. The van der Waals surface area contributed by atoms with Crippen LogP contribution in [0.3, 0.4) is 0 Å². The van der Waals surface area contributed by atoms with Gasteiger partial charge in [0.05, 0.1) is 17.3 Å². The van der Waals surface area contributed by atoms with Crippen molar-refractivity contribution in [2.24, 2.45) is 0 Å². The smallest absolute Gasteiger partial charge is 0.272 e. The van der Waals surface area contributed by atoms with Gasteiger partial charge in [0.25, 0.3) is 5.91 Å². The van der Waals surface area contributed by atoms with Gasteiger partial charge >= 0.3 is 0 Å². The summed E-state index contributed by atoms with van der Waals surface area (Å²) in [6.45, 7) is 1.90. The van der Waals surface area contributed by atoms with E-state index in [1.807, 2.05) is 18.2 Å². The molecule has 0 saturated heterocycles. The van der Waals surface area contributed by atoms with Crippen LogP contribution in [0.15, 0.2) is 30.5 Å². The van der Waals surface area contributed by atoms with Crippen LogP contribution in [0.25, 0.3) is 5.69 Å². The molecule has 2 aromatic rings. The molecule has 1 aromatic carbocycles. The fraction of sp³-hybridized carbons (Fsp3) is 0.231. The number of aryl methyl sites for hydroxylation is 1. The Labute approximate surface area is 115 Å². The Morgan fingerprint density at radius 3 is 2.89 bits per heavy atom. The molecule has 0 atom stereocenters. The molecular weight excluding hydrogens is 266 g/mol. The highest BCUT2D eigenvalue weighted by Crippen LogP contribution is 2.20. The van der Waals surface area contributed by atoms with E-state index in [2.05, 4.69) is 10.4 Å². The van der Waals surface area contributed by atoms with Crippen LogP contribution < -0.4 is 5.32 Å². The van der Waals surface area contributed by atoms with Gasteiger partial charge in [-0.05, 0) is 19.1 Å². The Morgan fingerprint density at radius 1 is 1.47 bits per heavy atom. The third kappa shape index (κ3) is 2.94. The van der Waals surface area contributed by atoms with Crippen LogP contribution >= 0.6 is 11.6 Å². The maximum absolute atomic E-state index is 11.8. The summed E-state index contributed by atoms with van der Waals surface area (Å²) in [7, 11) is 0. The largest absolute Gasteiger partial charge is 0.395 e. The van der Waals surface area contributed by atoms with E-state index in [9.17, 15) is 4.79 Å². The van der Waals surface area contributed by atoms with Crippen molar-refractivity contribution in [2.75, 3.05) is 13.2 Å². The summed E-state index contributed by atoms with van der Waals surface area (Å²) in [4.78, 5) is 11.8. The third-order valence-electron chi connectivity index (χ3n) is 2.61. The monoisotopic (exact) mass is 279 g/mol. The fourth-order valence-electron chi connectivity index (χ4n) is 1.70. The minimum absolute atomic E-state index is 0.101. The first-order chi connectivity index (χ1) is 9.13. The molecule has 0 bridgehead atoms. The van der Waals surface area contributed by atoms with Crippen molar-refractivity contribution < 1.29 is 9.90 Å². The number of hydrogen-bond acceptors (Lipinski definition) is 3. The minimum atomic E-state index is -0.308. The van der Waals surface area contributed by atoms with Gasteiger partial charge in [-0.1, -0.05) is 23.7 Å². The van der Waals surface area contributed by atoms with E-state index in [1.165, 1.54) is 0 Å². The summed E-state index contributed by atoms with van der Waals surface area (Å²) < 4.78 is 1.57. The Bertz CT molecular complexity index is 595. The van der Waals surface area contributed by atoms with Crippen LogP contribution in [-0.2, 0) is 0 Å². The van der Waals surface area contributed by atoms with Crippen LogP contribution in [-0.4, -0.2) is 33.9 Å². The molecule has 0 fully saturated rings. The summed E-state index contributed by atoms with van der Waals surface area (Å²) in [5, 5.41) is 16.1. The van der Waals surface area contributed by atoms with E-state index < -0.39 is 0 Å². The first kappa shape index (κ1) is 13.6. The van der Waals surface area contributed by atoms with Crippen molar-refractivity contribution >= 4 is 17.5 Å². The number of nitrogens with one attached hydrogen (secondary N) is 1. The van der Waals surface area contributed by atoms with Crippen molar-refractivity contribution in [3.05, 3.63) is 46.7 Å². The second kappa shape index (κ2) is 5.86. The predicted molar refractivity (Wildman–Crippen MR) is 72.7 cm³/mol. The average Bonchev–Trinajstić information content (AvgIpc) is 2.78. The highest BCUT2D eigenvalue weighted by molar-refractivity contribution is 6.32. The number of carbonyl (C=O) groups excluding carboxylic acids is 1. The summed E-state index contributed by atoms with van der Waals surface area (Å²) >= 11 is 6.09. The fourth-order valence-corrected chi connectivity index (χ4v) is 1.92. The van der Waals surface area contributed by atoms with E-state index >= 15 is 0 Å². The summed E-state index contributed by atoms with van der Waals surface area (Å²) in [6, 6.07) is 7.27. The van der Waals surface area contributed by atoms with E-state index in [0.717, 1.165) is 5.56 Å². The molecule has 1 heterocycles. The standard InChI is InChI=1S/C13H14ClN3O2/c1-9-8-17(11-5-3-2-4-10(11)14)16-12(9)13(19)15-6-7-18/h2-5,8,18H,6-7H2,1H3,(H,15,19). The Morgan fingerprint density at radius 2 is 2.21 bits per heavy atom. The third-order valence-corrected chi connectivity index (χ3v) is 2.93. The SMILES string of the molecule is Cc1cn(-c2ccccc2Cl)nc1C(=O)NCCO. The molecule has 2 N–H and O–H groups in total. The Balaban J connectivity index is 2.31. The number of para-hydroxylation sites is 1. The van der Waals surface area contributed by atoms with Crippen molar-refractivity contribution in [1.29, 1.82) is 0 Å². The van der Waals surface area contributed by atoms with E-state index in [4.69, 9.17) is 16.7 Å². The Kier molecular flexibility index (Phi) is 4.19. The first-order valence-corrected chi connectivity index (χ1v) is 6.21. The highest BCUT2D eigenvalue weighted by atomic mass is 35.5. The summed E-state index contributed by atoms with van der Waals surface area (Å²) in [5.41, 5.74) is 1.79. The lowest BCUT2D eigenvalue weighted by molar-refractivity contribution is 0.0939. The molecule has 0 unspecified atom stereocenters. The van der Waals surface area contributed by atoms with Gasteiger partial charge in [-0.3, -0.25) is 4.79 Å². The van der Waals surface area contributed by atoms with Crippen LogP contribution in [0.4, 0.5) is 0 Å². The quantitative estimate of drug-likeness (QED) is 0.892. The Hall–Kier alpha value is -1.85. The summed E-state index contributed by atoms with van der Waals surface area (Å²) in [5.74, 6) is -0.308. The predicted octanol–water partition coefficient (Wildman–Crippen LogP) is 1.56. The van der Waals surface area contributed by atoms with Gasteiger partial charge in [0.1, 0.15) is 0 Å². The molecule has 100 valence electrons. The topological polar surface area (TPSA) is 67.2 Å². The van der Waals surface area contributed by atoms with Crippen molar-refractivity contribution in [3.8, 4) is 5.69 Å². The molecule has 1 aromatic heterocycles. The lowest BCUT2D eigenvalue weighted by Gasteiger charge is -2.03. The van der Waals surface area contributed by atoms with Gasteiger partial charge in [-0.15, -0.1) is 0 Å². The van der Waals surface area contributed by atoms with Gasteiger partial charge < -0.3 is 10.4 Å². The zero-order chi connectivity index (χ0) is 13.8. The number of rotatable bonds is 4. The number of halogens is 1. The van der Waals surface area contributed by atoms with E-state index in [1.54, 1.807) is 23.9 Å². The number of amides is 1. The van der Waals surface area contributed by atoms with Crippen LogP contribution in [0.5, 0.6) is 0 Å². The van der Waals surface area contributed by atoms with Crippen LogP contribution in [0.1, 0.15) is 16.1 Å². The molecule has 0 aliphatic carbocycles. The normalized spacial score (nSPS) is 10.5. The van der Waals surface area contributed by atoms with E-state index in [0.29, 0.717) is 16.4 Å². The number of carbonyl (C=O) groups is 1. The van der Waals surface area contributed by atoms with Crippen molar-refractivity contribution in [1.82, 2.24) is 15.1 Å². The van der Waals surface area contributed by atoms with Crippen LogP contribution in [0.2, 0.25) is 5.02 Å². The number of hydrogen-bond donors (Lipinski definition) is 2. The molecule has 0 spiro atoms. The number of aliphatic hydroxyl groups excluding tert-OH is 1. The zero-order valence-electron chi connectivity index (χ0n) is 10.4. The molecule has 0 radical (unpaired) electrons. The summed E-state index contributed by atoms with van der Waals surface area (Å²) in [6.07, 6.45) is 1.75. The van der Waals surface area contributed by atoms with E-state index in [-0.39, 0.29) is 19.1 Å². The second-order valence-electron chi connectivity index (χ2n) is 4.04. The number of nitrogens with zero attached hydrogens (tertiary/aromatic N) is 2. The zero-order valence-corrected chi connectivity index (χ0v) is 11.2. The maximum Gasteiger partial charge on any atom is 0.272 e. The number of aliphatic hydroxyl groups is 1. The van der Waals surface area contributed by atoms with Gasteiger partial charge in [0, 0.05) is 18.3 Å². The second-order valence-corrected chi connectivity index (χ2v) is 4.44. The lowest BCUT2D eigenvalue weighted by Crippen LogP contribution is -2.27. The highest BCUT2D eigenvalue weighted by Gasteiger charge is 2.14. The van der Waals surface area contributed by atoms with Crippen molar-refractivity contribution in [2.45, 2.75) is 6.92 Å². The minimum Gasteiger partial charge on any atom is -0.395 e. The average molecular weight is 280 g/mol. The van der Waals surface area contributed by atoms with Crippen molar-refractivity contribution in [3.63, 3.8) is 0 Å². The molecule has 0 aliphatic rings. The molecule has 0 saturated carbocycles. The first-order valence-electron chi connectivity index (χ1n) is 5.83. The molecule has 19 heavy (non-hydrogen) atoms.